The molecule has 1 saturated heterocycles. The van der Waals surface area contributed by atoms with Gasteiger partial charge in [0.05, 0.1) is 5.69 Å². The van der Waals surface area contributed by atoms with E-state index in [9.17, 15) is 14.7 Å². The van der Waals surface area contributed by atoms with Crippen LogP contribution in [0.3, 0.4) is 0 Å². The van der Waals surface area contributed by atoms with Crippen LogP contribution in [0.15, 0.2) is 10.6 Å². The van der Waals surface area contributed by atoms with Crippen molar-refractivity contribution in [1.82, 2.24) is 10.5 Å². The number of hydrogen-bond donors (Lipinski definition) is 2. The van der Waals surface area contributed by atoms with Crippen molar-refractivity contribution in [3.8, 4) is 0 Å². The number of nitrogens with zero attached hydrogens (tertiary/aromatic N) is 1. The van der Waals surface area contributed by atoms with Crippen LogP contribution in [0.4, 0.5) is 0 Å². The minimum absolute atomic E-state index is 0.0135. The van der Waals surface area contributed by atoms with Crippen molar-refractivity contribution >= 4 is 11.9 Å². The van der Waals surface area contributed by atoms with Crippen molar-refractivity contribution in [2.24, 2.45) is 0 Å². The summed E-state index contributed by atoms with van der Waals surface area (Å²) in [5.41, 5.74) is -0.716. The zero-order valence-corrected chi connectivity index (χ0v) is 9.93. The molecule has 0 unspecified atom stereocenters. The minimum Gasteiger partial charge on any atom is -0.480 e. The van der Waals surface area contributed by atoms with Crippen LogP contribution in [0.5, 0.6) is 0 Å². The summed E-state index contributed by atoms with van der Waals surface area (Å²) in [7, 11) is 0. The van der Waals surface area contributed by atoms with E-state index in [1.807, 2.05) is 0 Å². The monoisotopic (exact) mass is 254 g/mol. The number of hydrogen-bond acceptors (Lipinski definition) is 5. The summed E-state index contributed by atoms with van der Waals surface area (Å²) in [6, 6.07) is 1.46. The number of carboxylic acids is 1. The first-order valence-corrected chi connectivity index (χ1v) is 5.60. The van der Waals surface area contributed by atoms with Gasteiger partial charge in [0.1, 0.15) is 5.54 Å². The van der Waals surface area contributed by atoms with E-state index in [0.717, 1.165) is 0 Å². The standard InChI is InChI=1S/C11H14N2O5/c1-7-6-8(18-13-7)9(14)12-11(10(15)16)2-4-17-5-3-11/h6H,2-5H2,1H3,(H,12,14)(H,15,16). The van der Waals surface area contributed by atoms with Crippen LogP contribution in [0.2, 0.25) is 0 Å². The van der Waals surface area contributed by atoms with E-state index in [4.69, 9.17) is 9.26 Å². The van der Waals surface area contributed by atoms with Crippen LogP contribution >= 0.6 is 0 Å². The molecule has 0 bridgehead atoms. The predicted octanol–water partition coefficient (Wildman–Crippen LogP) is 0.347. The number of carbonyl (C=O) groups excluding carboxylic acids is 1. The molecule has 1 fully saturated rings. The maximum atomic E-state index is 11.9. The SMILES string of the molecule is Cc1cc(C(=O)NC2(C(=O)O)CCOCC2)on1. The third kappa shape index (κ3) is 2.35. The number of rotatable bonds is 3. The number of aryl methyl sites for hydroxylation is 1. The van der Waals surface area contributed by atoms with Crippen molar-refractivity contribution in [2.75, 3.05) is 13.2 Å². The lowest BCUT2D eigenvalue weighted by Gasteiger charge is -2.33. The van der Waals surface area contributed by atoms with Gasteiger partial charge >= 0.3 is 5.97 Å². The molecule has 2 N–H and O–H groups in total. The topological polar surface area (TPSA) is 102 Å². The number of carboxylic acid groups (broad SMARTS) is 1. The lowest BCUT2D eigenvalue weighted by atomic mass is 9.90. The summed E-state index contributed by atoms with van der Waals surface area (Å²) in [4.78, 5) is 23.2. The fourth-order valence-electron chi connectivity index (χ4n) is 1.86. The van der Waals surface area contributed by atoms with Gasteiger partial charge in [0, 0.05) is 32.1 Å². The van der Waals surface area contributed by atoms with Crippen LogP contribution in [-0.2, 0) is 9.53 Å². The van der Waals surface area contributed by atoms with E-state index in [1.54, 1.807) is 6.92 Å². The Morgan fingerprint density at radius 3 is 2.61 bits per heavy atom. The summed E-state index contributed by atoms with van der Waals surface area (Å²) in [6.45, 7) is 2.30. The van der Waals surface area contributed by atoms with Crippen LogP contribution in [0.25, 0.3) is 0 Å². The maximum Gasteiger partial charge on any atom is 0.329 e. The van der Waals surface area contributed by atoms with Gasteiger partial charge in [-0.2, -0.15) is 0 Å². The number of aliphatic carboxylic acids is 1. The molecular formula is C11H14N2O5. The summed E-state index contributed by atoms with van der Waals surface area (Å²) in [5.74, 6) is -1.62. The average Bonchev–Trinajstić information content (AvgIpc) is 2.77. The van der Waals surface area contributed by atoms with Gasteiger partial charge in [-0.3, -0.25) is 4.79 Å². The van der Waals surface area contributed by atoms with E-state index in [1.165, 1.54) is 6.07 Å². The van der Waals surface area contributed by atoms with Crippen LogP contribution in [-0.4, -0.2) is 40.9 Å². The van der Waals surface area contributed by atoms with Gasteiger partial charge in [-0.1, -0.05) is 5.16 Å². The van der Waals surface area contributed by atoms with E-state index in [-0.39, 0.29) is 18.6 Å². The Bertz CT molecular complexity index is 462. The molecule has 0 aromatic carbocycles. The highest BCUT2D eigenvalue weighted by molar-refractivity contribution is 5.95. The lowest BCUT2D eigenvalue weighted by Crippen LogP contribution is -2.57. The van der Waals surface area contributed by atoms with Crippen molar-refractivity contribution in [2.45, 2.75) is 25.3 Å². The Hall–Kier alpha value is -1.89. The van der Waals surface area contributed by atoms with E-state index in [0.29, 0.717) is 18.9 Å². The molecule has 1 aliphatic rings. The number of amides is 1. The molecule has 1 aromatic heterocycles. The molecule has 0 spiro atoms. The molecule has 2 rings (SSSR count). The second-order valence-electron chi connectivity index (χ2n) is 4.29. The number of carbonyl (C=O) groups is 2. The second-order valence-corrected chi connectivity index (χ2v) is 4.29. The Kier molecular flexibility index (Phi) is 3.33. The van der Waals surface area contributed by atoms with Crippen LogP contribution < -0.4 is 5.32 Å². The Morgan fingerprint density at radius 1 is 1.44 bits per heavy atom. The van der Waals surface area contributed by atoms with Crippen molar-refractivity contribution in [1.29, 1.82) is 0 Å². The van der Waals surface area contributed by atoms with Gasteiger partial charge in [0.15, 0.2) is 0 Å². The molecule has 0 aliphatic carbocycles. The third-order valence-electron chi connectivity index (χ3n) is 2.96. The highest BCUT2D eigenvalue weighted by Crippen LogP contribution is 2.21. The Morgan fingerprint density at radius 2 is 2.11 bits per heavy atom. The molecule has 98 valence electrons. The van der Waals surface area contributed by atoms with Crippen molar-refractivity contribution in [3.63, 3.8) is 0 Å². The largest absolute Gasteiger partial charge is 0.480 e. The van der Waals surface area contributed by atoms with E-state index in [2.05, 4.69) is 10.5 Å². The Labute approximate surface area is 103 Å². The molecule has 1 amide bonds. The summed E-state index contributed by atoms with van der Waals surface area (Å²) in [6.07, 6.45) is 0.475. The van der Waals surface area contributed by atoms with Gasteiger partial charge in [0.25, 0.3) is 5.91 Å². The molecule has 1 aromatic rings. The predicted molar refractivity (Wildman–Crippen MR) is 59.1 cm³/mol. The highest BCUT2D eigenvalue weighted by atomic mass is 16.5. The van der Waals surface area contributed by atoms with E-state index < -0.39 is 17.4 Å². The zero-order valence-electron chi connectivity index (χ0n) is 9.93. The molecule has 0 radical (unpaired) electrons. The molecular weight excluding hydrogens is 240 g/mol. The zero-order chi connectivity index (χ0) is 13.2. The molecule has 1 aliphatic heterocycles. The number of ether oxygens (including phenoxy) is 1. The first-order valence-electron chi connectivity index (χ1n) is 5.60. The molecule has 7 heteroatoms. The molecule has 7 nitrogen and oxygen atoms in total. The average molecular weight is 254 g/mol. The number of aromatic nitrogens is 1. The van der Waals surface area contributed by atoms with Crippen LogP contribution in [0, 0.1) is 6.92 Å². The van der Waals surface area contributed by atoms with Crippen LogP contribution in [0.1, 0.15) is 29.1 Å². The van der Waals surface area contributed by atoms with Crippen molar-refractivity contribution < 1.29 is 24.0 Å². The fraction of sp³-hybridized carbons (Fsp3) is 0.545. The molecule has 2 heterocycles. The smallest absolute Gasteiger partial charge is 0.329 e. The lowest BCUT2D eigenvalue weighted by molar-refractivity contribution is -0.148. The first-order chi connectivity index (χ1) is 8.53. The summed E-state index contributed by atoms with van der Waals surface area (Å²) in [5, 5.41) is 15.4. The fourth-order valence-corrected chi connectivity index (χ4v) is 1.86. The summed E-state index contributed by atoms with van der Waals surface area (Å²) >= 11 is 0. The van der Waals surface area contributed by atoms with Gasteiger partial charge in [0.2, 0.25) is 5.76 Å². The molecule has 0 saturated carbocycles. The summed E-state index contributed by atoms with van der Waals surface area (Å²) < 4.78 is 9.92. The quantitative estimate of drug-likeness (QED) is 0.806. The third-order valence-corrected chi connectivity index (χ3v) is 2.96. The molecule has 18 heavy (non-hydrogen) atoms. The van der Waals surface area contributed by atoms with Crippen molar-refractivity contribution in [3.05, 3.63) is 17.5 Å². The first kappa shape index (κ1) is 12.6. The van der Waals surface area contributed by atoms with Gasteiger partial charge in [-0.05, 0) is 6.92 Å². The number of nitrogens with one attached hydrogen (secondary N) is 1. The van der Waals surface area contributed by atoms with Gasteiger partial charge in [-0.15, -0.1) is 0 Å². The maximum absolute atomic E-state index is 11.9. The highest BCUT2D eigenvalue weighted by Gasteiger charge is 2.42. The normalized spacial score (nSPS) is 18.3. The second kappa shape index (κ2) is 4.77. The van der Waals surface area contributed by atoms with Gasteiger partial charge in [-0.25, -0.2) is 4.79 Å². The Balaban J connectivity index is 2.14. The minimum atomic E-state index is -1.28. The molecule has 0 atom stereocenters. The van der Waals surface area contributed by atoms with Gasteiger partial charge < -0.3 is 19.7 Å². The van der Waals surface area contributed by atoms with E-state index >= 15 is 0 Å².